The van der Waals surface area contributed by atoms with Crippen molar-refractivity contribution in [2.45, 2.75) is 56.3 Å². The Bertz CT molecular complexity index is 658. The number of methoxy groups -OCH3 is 1. The quantitative estimate of drug-likeness (QED) is 0.696. The maximum absolute atomic E-state index is 13.5. The Balaban J connectivity index is 1.88. The van der Waals surface area contributed by atoms with Gasteiger partial charge >= 0.3 is 0 Å². The van der Waals surface area contributed by atoms with E-state index in [4.69, 9.17) is 10.00 Å². The van der Waals surface area contributed by atoms with Crippen molar-refractivity contribution in [3.63, 3.8) is 0 Å². The summed E-state index contributed by atoms with van der Waals surface area (Å²) >= 11 is 0. The van der Waals surface area contributed by atoms with Crippen molar-refractivity contribution in [3.05, 3.63) is 0 Å². The molecule has 26 heavy (non-hydrogen) atoms. The first kappa shape index (κ1) is 21.0. The second-order valence-electron chi connectivity index (χ2n) is 7.19. The Morgan fingerprint density at radius 3 is 2.62 bits per heavy atom. The molecule has 8 nitrogen and oxygen atoms in total. The fraction of sp³-hybridized carbons (Fsp3) is 0.875. The molecule has 10 heteroatoms. The van der Waals surface area contributed by atoms with Crippen molar-refractivity contribution < 1.29 is 22.3 Å². The number of rotatable bonds is 6. The van der Waals surface area contributed by atoms with E-state index in [1.54, 1.807) is 0 Å². The molecule has 0 aromatic rings. The van der Waals surface area contributed by atoms with Crippen LogP contribution in [0.25, 0.3) is 0 Å². The minimum atomic E-state index is -3.49. The number of nitrogens with one attached hydrogen (secondary N) is 1. The van der Waals surface area contributed by atoms with Crippen molar-refractivity contribution >= 4 is 15.9 Å². The molecule has 1 amide bonds. The van der Waals surface area contributed by atoms with E-state index in [1.807, 2.05) is 13.0 Å². The molecule has 0 aromatic heterocycles. The minimum absolute atomic E-state index is 0.00260. The molecule has 1 N–H and O–H groups in total. The number of piperidine rings is 1. The van der Waals surface area contributed by atoms with Gasteiger partial charge in [-0.25, -0.2) is 12.8 Å². The lowest BCUT2D eigenvalue weighted by Gasteiger charge is -2.40. The number of carbonyl (C=O) groups is 1. The molecule has 0 aliphatic carbocycles. The topological polar surface area (TPSA) is 103 Å². The number of carbonyl (C=O) groups excluding carboxylic acids is 1. The van der Waals surface area contributed by atoms with Gasteiger partial charge < -0.3 is 15.0 Å². The fourth-order valence-electron chi connectivity index (χ4n) is 3.32. The third-order valence-electron chi connectivity index (χ3n) is 5.32. The smallest absolute Gasteiger partial charge is 0.240 e. The first-order valence-electron chi connectivity index (χ1n) is 8.73. The predicted octanol–water partition coefficient (Wildman–Crippen LogP) is 0.215. The van der Waals surface area contributed by atoms with E-state index < -0.39 is 33.2 Å². The van der Waals surface area contributed by atoms with Crippen LogP contribution in [-0.4, -0.2) is 80.0 Å². The number of hydrogen-bond acceptors (Lipinski definition) is 6. The van der Waals surface area contributed by atoms with E-state index in [2.05, 4.69) is 5.32 Å². The summed E-state index contributed by atoms with van der Waals surface area (Å²) in [5.74, 6) is -0.305. The summed E-state index contributed by atoms with van der Waals surface area (Å²) in [5.41, 5.74) is -1.29. The maximum atomic E-state index is 13.5. The van der Waals surface area contributed by atoms with E-state index in [0.29, 0.717) is 25.9 Å². The number of nitriles is 1. The zero-order chi connectivity index (χ0) is 19.5. The number of nitrogens with zero attached hydrogens (tertiary/aromatic N) is 3. The second-order valence-corrected chi connectivity index (χ2v) is 9.40. The molecule has 2 fully saturated rings. The van der Waals surface area contributed by atoms with Gasteiger partial charge in [0.1, 0.15) is 12.2 Å². The summed E-state index contributed by atoms with van der Waals surface area (Å²) in [5, 5.41) is 12.2. The zero-order valence-corrected chi connectivity index (χ0v) is 16.3. The number of amides is 1. The van der Waals surface area contributed by atoms with Crippen LogP contribution in [0.4, 0.5) is 4.39 Å². The molecule has 0 spiro atoms. The largest absolute Gasteiger partial charge is 0.364 e. The molecule has 0 bridgehead atoms. The molecule has 0 aromatic carbocycles. The van der Waals surface area contributed by atoms with Crippen molar-refractivity contribution in [2.24, 2.45) is 0 Å². The average molecular weight is 390 g/mol. The van der Waals surface area contributed by atoms with Crippen LogP contribution in [-0.2, 0) is 19.6 Å². The molecule has 148 valence electrons. The van der Waals surface area contributed by atoms with Gasteiger partial charge in [-0.3, -0.25) is 4.79 Å². The molecule has 1 unspecified atom stereocenters. The van der Waals surface area contributed by atoms with E-state index in [9.17, 15) is 17.6 Å². The Morgan fingerprint density at radius 1 is 1.46 bits per heavy atom. The Hall–Kier alpha value is -1.28. The Kier molecular flexibility index (Phi) is 6.60. The average Bonchev–Trinajstić information content (AvgIpc) is 3.00. The summed E-state index contributed by atoms with van der Waals surface area (Å²) < 4.78 is 44.4. The van der Waals surface area contributed by atoms with Gasteiger partial charge in [-0.15, -0.1) is 0 Å². The van der Waals surface area contributed by atoms with Gasteiger partial charge in [-0.2, -0.15) is 9.57 Å². The highest BCUT2D eigenvalue weighted by molar-refractivity contribution is 7.89. The van der Waals surface area contributed by atoms with Crippen LogP contribution in [0, 0.1) is 11.3 Å². The first-order valence-corrected chi connectivity index (χ1v) is 10.2. The summed E-state index contributed by atoms with van der Waals surface area (Å²) in [6.45, 7) is 4.07. The standard InChI is InChI=1S/C16H27FN4O4S/c1-12(25-3)26(23,24)20-6-4-16(2,5-7-20)19-10-15(22)21-11-13(17)8-14(21)9-18/h12-14,19H,4-8,10-11H2,1-3H3/t12?,13-,14-/m0/s1. The summed E-state index contributed by atoms with van der Waals surface area (Å²) in [7, 11) is -2.13. The SMILES string of the molecule is COC(C)S(=O)(=O)N1CCC(C)(NCC(=O)N2C[C@@H](F)C[C@H]2C#N)CC1. The lowest BCUT2D eigenvalue weighted by molar-refractivity contribution is -0.130. The third-order valence-corrected chi connectivity index (χ3v) is 7.44. The lowest BCUT2D eigenvalue weighted by atomic mass is 9.90. The highest BCUT2D eigenvalue weighted by Gasteiger charge is 2.39. The van der Waals surface area contributed by atoms with Crippen LogP contribution in [0.15, 0.2) is 0 Å². The van der Waals surface area contributed by atoms with Crippen molar-refractivity contribution in [2.75, 3.05) is 33.3 Å². The molecule has 0 radical (unpaired) electrons. The number of halogens is 1. The van der Waals surface area contributed by atoms with E-state index >= 15 is 0 Å². The van der Waals surface area contributed by atoms with Crippen LogP contribution in [0.1, 0.15) is 33.1 Å². The van der Waals surface area contributed by atoms with E-state index in [1.165, 1.54) is 23.2 Å². The summed E-state index contributed by atoms with van der Waals surface area (Å²) in [6, 6.07) is 1.25. The molecule has 0 saturated carbocycles. The van der Waals surface area contributed by atoms with Gasteiger partial charge in [0.2, 0.25) is 15.9 Å². The minimum Gasteiger partial charge on any atom is -0.364 e. The molecule has 2 aliphatic heterocycles. The number of hydrogen-bond donors (Lipinski definition) is 1. The zero-order valence-electron chi connectivity index (χ0n) is 15.4. The van der Waals surface area contributed by atoms with Gasteiger partial charge in [0.25, 0.3) is 0 Å². The van der Waals surface area contributed by atoms with Crippen LogP contribution in [0.3, 0.4) is 0 Å². The van der Waals surface area contributed by atoms with Crippen LogP contribution < -0.4 is 5.32 Å². The van der Waals surface area contributed by atoms with Gasteiger partial charge in [-0.05, 0) is 26.7 Å². The number of sulfonamides is 1. The molecule has 3 atom stereocenters. The maximum Gasteiger partial charge on any atom is 0.240 e. The van der Waals surface area contributed by atoms with Crippen molar-refractivity contribution in [3.8, 4) is 6.07 Å². The molecule has 2 heterocycles. The van der Waals surface area contributed by atoms with Crippen molar-refractivity contribution in [1.29, 1.82) is 5.26 Å². The van der Waals surface area contributed by atoms with Crippen LogP contribution >= 0.6 is 0 Å². The normalized spacial score (nSPS) is 27.9. The van der Waals surface area contributed by atoms with Crippen LogP contribution in [0.5, 0.6) is 0 Å². The molecular weight excluding hydrogens is 363 g/mol. The highest BCUT2D eigenvalue weighted by Crippen LogP contribution is 2.25. The predicted molar refractivity (Wildman–Crippen MR) is 93.2 cm³/mol. The van der Waals surface area contributed by atoms with Crippen molar-refractivity contribution in [1.82, 2.24) is 14.5 Å². The highest BCUT2D eigenvalue weighted by atomic mass is 32.2. The molecule has 2 aliphatic rings. The number of likely N-dealkylation sites (tertiary alicyclic amines) is 1. The monoisotopic (exact) mass is 390 g/mol. The Morgan fingerprint density at radius 2 is 2.08 bits per heavy atom. The Labute approximate surface area is 154 Å². The summed E-state index contributed by atoms with van der Waals surface area (Å²) in [6.07, 6.45) is -0.00750. The van der Waals surface area contributed by atoms with E-state index in [0.717, 1.165) is 0 Å². The summed E-state index contributed by atoms with van der Waals surface area (Å²) in [4.78, 5) is 13.6. The van der Waals surface area contributed by atoms with Gasteiger partial charge in [0, 0.05) is 32.2 Å². The third kappa shape index (κ3) is 4.52. The van der Waals surface area contributed by atoms with Gasteiger partial charge in [0.05, 0.1) is 19.2 Å². The van der Waals surface area contributed by atoms with Crippen LogP contribution in [0.2, 0.25) is 0 Å². The van der Waals surface area contributed by atoms with E-state index in [-0.39, 0.29) is 25.4 Å². The van der Waals surface area contributed by atoms with Gasteiger partial charge in [-0.1, -0.05) is 0 Å². The molecule has 2 rings (SSSR count). The fourth-order valence-corrected chi connectivity index (χ4v) is 4.67. The van der Waals surface area contributed by atoms with Gasteiger partial charge in [0.15, 0.2) is 5.44 Å². The lowest BCUT2D eigenvalue weighted by Crippen LogP contribution is -2.56. The molecular formula is C16H27FN4O4S. The second kappa shape index (κ2) is 8.17. The number of ether oxygens (including phenoxy) is 1. The number of alkyl halides is 1. The molecule has 2 saturated heterocycles. The first-order chi connectivity index (χ1) is 12.1.